The topological polar surface area (TPSA) is 41.5 Å². The second kappa shape index (κ2) is 2.84. The Morgan fingerprint density at radius 2 is 2.88 bits per heavy atom. The van der Waals surface area contributed by atoms with Crippen LogP contribution in [0.3, 0.4) is 0 Å². The van der Waals surface area contributed by atoms with Crippen LogP contribution in [0.15, 0.2) is 4.99 Å². The van der Waals surface area contributed by atoms with Crippen molar-refractivity contribution in [3.8, 4) is 0 Å². The van der Waals surface area contributed by atoms with Gasteiger partial charge in [0.15, 0.2) is 0 Å². The van der Waals surface area contributed by atoms with E-state index in [9.17, 15) is 4.79 Å². The zero-order valence-corrected chi connectivity index (χ0v) is 5.02. The normalized spacial score (nSPS) is 27.8. The Hall–Kier alpha value is -0.350. The predicted octanol–water partition coefficient (Wildman–Crippen LogP) is -0.166. The summed E-state index contributed by atoms with van der Waals surface area (Å²) in [7, 11) is 0. The molecule has 1 N–H and O–H groups in total. The van der Waals surface area contributed by atoms with Gasteiger partial charge in [-0.15, -0.1) is 0 Å². The Balaban J connectivity index is 2.37. The van der Waals surface area contributed by atoms with Gasteiger partial charge < -0.3 is 4.79 Å². The van der Waals surface area contributed by atoms with Crippen LogP contribution in [0.5, 0.6) is 0 Å². The van der Waals surface area contributed by atoms with Crippen LogP contribution in [0.1, 0.15) is 0 Å². The van der Waals surface area contributed by atoms with E-state index in [2.05, 4.69) is 10.3 Å². The van der Waals surface area contributed by atoms with E-state index in [0.29, 0.717) is 6.67 Å². The van der Waals surface area contributed by atoms with Crippen molar-refractivity contribution in [3.63, 3.8) is 0 Å². The molecule has 0 aromatic rings. The van der Waals surface area contributed by atoms with Crippen molar-refractivity contribution in [2.24, 2.45) is 4.99 Å². The number of thioether (sulfide) groups is 1. The van der Waals surface area contributed by atoms with Crippen LogP contribution in [0.25, 0.3) is 0 Å². The Labute approximate surface area is 51.6 Å². The van der Waals surface area contributed by atoms with E-state index in [1.165, 1.54) is 11.8 Å². The lowest BCUT2D eigenvalue weighted by Gasteiger charge is -2.10. The highest BCUT2D eigenvalue weighted by Crippen LogP contribution is 2.03. The summed E-state index contributed by atoms with van der Waals surface area (Å²) in [6, 6.07) is 0. The van der Waals surface area contributed by atoms with Crippen LogP contribution in [0.2, 0.25) is 0 Å². The number of carbonyl (C=O) groups is 1. The van der Waals surface area contributed by atoms with Gasteiger partial charge in [0.05, 0.1) is 12.2 Å². The summed E-state index contributed by atoms with van der Waals surface area (Å²) in [4.78, 5) is 13.9. The average molecular weight is 130 g/mol. The molecule has 0 radical (unpaired) electrons. The van der Waals surface area contributed by atoms with Gasteiger partial charge in [-0.05, 0) is 0 Å². The van der Waals surface area contributed by atoms with Gasteiger partial charge in [0, 0.05) is 0 Å². The van der Waals surface area contributed by atoms with Gasteiger partial charge in [0.25, 0.3) is 0 Å². The molecule has 0 aromatic carbocycles. The minimum Gasteiger partial charge on any atom is -0.301 e. The molecule has 0 saturated heterocycles. The van der Waals surface area contributed by atoms with Gasteiger partial charge in [-0.2, -0.15) is 0 Å². The van der Waals surface area contributed by atoms with Crippen molar-refractivity contribution in [2.75, 3.05) is 6.67 Å². The Morgan fingerprint density at radius 1 is 2.00 bits per heavy atom. The van der Waals surface area contributed by atoms with E-state index in [1.54, 1.807) is 5.55 Å². The van der Waals surface area contributed by atoms with E-state index in [4.69, 9.17) is 0 Å². The third-order valence-corrected chi connectivity index (χ3v) is 1.63. The van der Waals surface area contributed by atoms with Crippen LogP contribution in [0.4, 0.5) is 0 Å². The summed E-state index contributed by atoms with van der Waals surface area (Å²) in [5.74, 6) is 0. The molecule has 0 fully saturated rings. The molecular formula is C4H6N2OS. The van der Waals surface area contributed by atoms with Gasteiger partial charge in [-0.3, -0.25) is 10.3 Å². The second-order valence-corrected chi connectivity index (χ2v) is 2.33. The average Bonchev–Trinajstić information content (AvgIpc) is 1.90. The van der Waals surface area contributed by atoms with Crippen LogP contribution in [-0.2, 0) is 4.79 Å². The maximum atomic E-state index is 10.0. The van der Waals surface area contributed by atoms with Gasteiger partial charge in [0.1, 0.15) is 11.7 Å². The highest BCUT2D eigenvalue weighted by Gasteiger charge is 2.06. The van der Waals surface area contributed by atoms with Crippen molar-refractivity contribution in [3.05, 3.63) is 0 Å². The lowest BCUT2D eigenvalue weighted by Crippen LogP contribution is -2.30. The number of hydrogen-bond acceptors (Lipinski definition) is 4. The van der Waals surface area contributed by atoms with Crippen molar-refractivity contribution in [1.29, 1.82) is 0 Å². The van der Waals surface area contributed by atoms with Crippen LogP contribution in [-0.4, -0.2) is 23.9 Å². The smallest absolute Gasteiger partial charge is 0.147 e. The van der Waals surface area contributed by atoms with Gasteiger partial charge in [-0.25, -0.2) is 0 Å². The summed E-state index contributed by atoms with van der Waals surface area (Å²) in [5.41, 5.74) is 1.69. The van der Waals surface area contributed by atoms with Crippen molar-refractivity contribution in [1.82, 2.24) is 5.32 Å². The minimum atomic E-state index is -0.0764. The first-order valence-corrected chi connectivity index (χ1v) is 3.20. The van der Waals surface area contributed by atoms with E-state index in [0.717, 1.165) is 6.29 Å². The van der Waals surface area contributed by atoms with Crippen molar-refractivity contribution in [2.45, 2.75) is 5.37 Å². The van der Waals surface area contributed by atoms with E-state index in [1.807, 2.05) is 0 Å². The number of nitrogens with one attached hydrogen (secondary N) is 1. The summed E-state index contributed by atoms with van der Waals surface area (Å²) in [6.07, 6.45) is 0.871. The third kappa shape index (κ3) is 1.31. The molecule has 0 amide bonds. The minimum absolute atomic E-state index is 0.0764. The van der Waals surface area contributed by atoms with Crippen LogP contribution in [0, 0.1) is 0 Å². The molecule has 3 nitrogen and oxygen atoms in total. The molecule has 0 spiro atoms. The van der Waals surface area contributed by atoms with Gasteiger partial charge in [-0.1, -0.05) is 11.8 Å². The molecule has 1 unspecified atom stereocenters. The van der Waals surface area contributed by atoms with E-state index < -0.39 is 0 Å². The molecule has 4 heteroatoms. The summed E-state index contributed by atoms with van der Waals surface area (Å²) in [5, 5.41) is 2.79. The molecule has 1 aliphatic heterocycles. The maximum absolute atomic E-state index is 10.0. The Bertz CT molecular complexity index is 115. The lowest BCUT2D eigenvalue weighted by atomic mass is 10.7. The molecule has 1 rings (SSSR count). The second-order valence-electron chi connectivity index (χ2n) is 1.34. The standard InChI is InChI=1S/C4H6N2OS/c7-1-4-6-2-5-3-8-4/h1,3-4,6H,2H2. The fraction of sp³-hybridized carbons (Fsp3) is 0.500. The maximum Gasteiger partial charge on any atom is 0.147 e. The number of nitrogens with zero attached hydrogens (tertiary/aromatic N) is 1. The van der Waals surface area contributed by atoms with Crippen LogP contribution >= 0.6 is 11.8 Å². The van der Waals surface area contributed by atoms with E-state index in [-0.39, 0.29) is 5.37 Å². The molecule has 44 valence electrons. The SMILES string of the molecule is O=CC1NCN=CS1. The molecule has 1 atom stereocenters. The first kappa shape index (κ1) is 5.78. The number of aldehydes is 1. The largest absolute Gasteiger partial charge is 0.301 e. The fourth-order valence-corrected chi connectivity index (χ4v) is 0.943. The number of carbonyl (C=O) groups excluding carboxylic acids is 1. The number of aliphatic imine (C=N–C) groups is 1. The predicted molar refractivity (Wildman–Crippen MR) is 33.9 cm³/mol. The molecule has 0 aromatic heterocycles. The highest BCUT2D eigenvalue weighted by atomic mass is 32.2. The summed E-state index contributed by atoms with van der Waals surface area (Å²) in [6.45, 7) is 0.566. The summed E-state index contributed by atoms with van der Waals surface area (Å²) < 4.78 is 0. The number of hydrogen-bond donors (Lipinski definition) is 1. The zero-order valence-electron chi connectivity index (χ0n) is 4.20. The Morgan fingerprint density at radius 3 is 3.25 bits per heavy atom. The molecule has 1 aliphatic rings. The monoisotopic (exact) mass is 130 g/mol. The number of rotatable bonds is 1. The molecule has 1 heterocycles. The van der Waals surface area contributed by atoms with Crippen molar-refractivity contribution >= 4 is 23.6 Å². The molecule has 8 heavy (non-hydrogen) atoms. The third-order valence-electron chi connectivity index (χ3n) is 0.789. The van der Waals surface area contributed by atoms with Gasteiger partial charge in [0.2, 0.25) is 0 Å². The first-order chi connectivity index (χ1) is 3.93. The quantitative estimate of drug-likeness (QED) is 0.501. The first-order valence-electron chi connectivity index (χ1n) is 2.26. The van der Waals surface area contributed by atoms with E-state index >= 15 is 0 Å². The Kier molecular flexibility index (Phi) is 2.05. The highest BCUT2D eigenvalue weighted by molar-refractivity contribution is 8.13. The molecule has 0 aliphatic carbocycles. The van der Waals surface area contributed by atoms with Gasteiger partial charge >= 0.3 is 0 Å². The molecular weight excluding hydrogens is 124 g/mol. The molecule has 0 bridgehead atoms. The molecule has 0 saturated carbocycles. The van der Waals surface area contributed by atoms with Crippen LogP contribution < -0.4 is 5.32 Å². The zero-order chi connectivity index (χ0) is 5.82. The lowest BCUT2D eigenvalue weighted by molar-refractivity contribution is -0.107. The summed E-state index contributed by atoms with van der Waals surface area (Å²) >= 11 is 1.39. The fourth-order valence-electron chi connectivity index (χ4n) is 0.417. The van der Waals surface area contributed by atoms with Crippen molar-refractivity contribution < 1.29 is 4.79 Å².